The second-order valence-corrected chi connectivity index (χ2v) is 8.42. The van der Waals surface area contributed by atoms with E-state index in [1.165, 1.54) is 18.4 Å². The first-order valence-electron chi connectivity index (χ1n) is 7.20. The van der Waals surface area contributed by atoms with Gasteiger partial charge in [0.05, 0.1) is 16.3 Å². The summed E-state index contributed by atoms with van der Waals surface area (Å²) in [6.07, 6.45) is 0. The normalized spacial score (nSPS) is 13.5. The van der Waals surface area contributed by atoms with E-state index in [4.69, 9.17) is 0 Å². The molecule has 1 aromatic heterocycles. The first kappa shape index (κ1) is 17.8. The zero-order valence-electron chi connectivity index (χ0n) is 13.2. The quantitative estimate of drug-likeness (QED) is 0.635. The molecule has 132 valence electrons. The molecule has 3 aromatic rings. The minimum atomic E-state index is -4.38. The Hall–Kier alpha value is -1.97. The molecule has 0 aliphatic heterocycles. The summed E-state index contributed by atoms with van der Waals surface area (Å²) in [5.74, 6) is -5.00. The van der Waals surface area contributed by atoms with E-state index in [0.29, 0.717) is 17.1 Å². The van der Waals surface area contributed by atoms with Gasteiger partial charge in [-0.1, -0.05) is 12.1 Å². The summed E-state index contributed by atoms with van der Waals surface area (Å²) in [5.41, 5.74) is 0.721. The maximum Gasteiger partial charge on any atom is 0.246 e. The lowest BCUT2D eigenvalue weighted by Crippen LogP contribution is -2.30. The summed E-state index contributed by atoms with van der Waals surface area (Å²) < 4.78 is 67.4. The van der Waals surface area contributed by atoms with Crippen LogP contribution in [0.3, 0.4) is 0 Å². The molecule has 25 heavy (non-hydrogen) atoms. The highest BCUT2D eigenvalue weighted by molar-refractivity contribution is 7.89. The van der Waals surface area contributed by atoms with Crippen LogP contribution in [0.4, 0.5) is 13.2 Å². The number of hydrogen-bond acceptors (Lipinski definition) is 4. The Morgan fingerprint density at radius 1 is 1.08 bits per heavy atom. The molecule has 0 radical (unpaired) electrons. The first-order chi connectivity index (χ1) is 11.7. The highest BCUT2D eigenvalue weighted by atomic mass is 32.2. The SMILES string of the molecule is C[C@H](c1nc2ccccc2s1)N(C)S(=O)(=O)c1ccc(F)c(F)c1F. The molecule has 4 nitrogen and oxygen atoms in total. The third-order valence-electron chi connectivity index (χ3n) is 3.87. The van der Waals surface area contributed by atoms with Crippen LogP contribution in [0.1, 0.15) is 18.0 Å². The minimum Gasteiger partial charge on any atom is -0.239 e. The van der Waals surface area contributed by atoms with E-state index in [-0.39, 0.29) is 0 Å². The first-order valence-corrected chi connectivity index (χ1v) is 9.46. The Labute approximate surface area is 146 Å². The molecule has 0 aliphatic carbocycles. The van der Waals surface area contributed by atoms with Crippen LogP contribution >= 0.6 is 11.3 Å². The molecule has 0 saturated heterocycles. The Kier molecular flexibility index (Phi) is 4.56. The maximum absolute atomic E-state index is 13.9. The van der Waals surface area contributed by atoms with Crippen LogP contribution in [0, 0.1) is 17.5 Å². The fraction of sp³-hybridized carbons (Fsp3) is 0.188. The van der Waals surface area contributed by atoms with Crippen molar-refractivity contribution in [3.8, 4) is 0 Å². The van der Waals surface area contributed by atoms with E-state index in [1.807, 2.05) is 18.2 Å². The average molecular weight is 386 g/mol. The molecule has 0 bridgehead atoms. The summed E-state index contributed by atoms with van der Waals surface area (Å²) in [6, 6.07) is 7.89. The Morgan fingerprint density at radius 3 is 2.44 bits per heavy atom. The van der Waals surface area contributed by atoms with Crippen molar-refractivity contribution in [1.29, 1.82) is 0 Å². The molecule has 0 fully saturated rings. The van der Waals surface area contributed by atoms with Crippen LogP contribution < -0.4 is 0 Å². The van der Waals surface area contributed by atoms with Crippen molar-refractivity contribution in [3.05, 3.63) is 58.9 Å². The molecule has 0 spiro atoms. The molecule has 0 aliphatic rings. The number of fused-ring (bicyclic) bond motifs is 1. The lowest BCUT2D eigenvalue weighted by atomic mass is 10.3. The van der Waals surface area contributed by atoms with E-state index in [0.717, 1.165) is 14.5 Å². The van der Waals surface area contributed by atoms with Gasteiger partial charge in [-0.2, -0.15) is 4.31 Å². The third kappa shape index (κ3) is 3.03. The zero-order chi connectivity index (χ0) is 18.4. The van der Waals surface area contributed by atoms with Gasteiger partial charge in [0.2, 0.25) is 10.0 Å². The topological polar surface area (TPSA) is 50.3 Å². The number of aromatic nitrogens is 1. The molecule has 0 N–H and O–H groups in total. The van der Waals surface area contributed by atoms with E-state index in [2.05, 4.69) is 4.98 Å². The second kappa shape index (κ2) is 6.40. The van der Waals surface area contributed by atoms with Gasteiger partial charge < -0.3 is 0 Å². The Bertz CT molecular complexity index is 1020. The summed E-state index contributed by atoms with van der Waals surface area (Å²) in [5, 5.41) is 0.510. The lowest BCUT2D eigenvalue weighted by Gasteiger charge is -2.23. The molecular formula is C16H13F3N2O2S2. The molecule has 9 heteroatoms. The average Bonchev–Trinajstić information content (AvgIpc) is 3.02. The maximum atomic E-state index is 13.9. The lowest BCUT2D eigenvalue weighted by molar-refractivity contribution is 0.388. The summed E-state index contributed by atoms with van der Waals surface area (Å²) in [4.78, 5) is 3.46. The van der Waals surface area contributed by atoms with Crippen LogP contribution in [0.25, 0.3) is 10.2 Å². The van der Waals surface area contributed by atoms with E-state index in [9.17, 15) is 21.6 Å². The highest BCUT2D eigenvalue weighted by Gasteiger charge is 2.32. The standard InChI is InChI=1S/C16H13F3N2O2S2/c1-9(16-20-11-5-3-4-6-12(11)24-16)21(2)25(22,23)13-8-7-10(17)14(18)15(13)19/h3-9H,1-2H3/t9-/m1/s1. The van der Waals surface area contributed by atoms with Crippen molar-refractivity contribution >= 4 is 31.6 Å². The van der Waals surface area contributed by atoms with Gasteiger partial charge in [-0.25, -0.2) is 26.6 Å². The van der Waals surface area contributed by atoms with Gasteiger partial charge in [0.15, 0.2) is 17.5 Å². The highest BCUT2D eigenvalue weighted by Crippen LogP contribution is 2.32. The van der Waals surface area contributed by atoms with E-state index >= 15 is 0 Å². The Morgan fingerprint density at radius 2 is 1.76 bits per heavy atom. The van der Waals surface area contributed by atoms with Crippen LogP contribution in [-0.2, 0) is 10.0 Å². The number of halogens is 3. The number of nitrogens with zero attached hydrogens (tertiary/aromatic N) is 2. The van der Waals surface area contributed by atoms with Crippen molar-refractivity contribution in [2.24, 2.45) is 0 Å². The fourth-order valence-electron chi connectivity index (χ4n) is 2.29. The van der Waals surface area contributed by atoms with Gasteiger partial charge >= 0.3 is 0 Å². The molecule has 0 saturated carbocycles. The molecule has 0 unspecified atom stereocenters. The second-order valence-electron chi connectivity index (χ2n) is 5.39. The van der Waals surface area contributed by atoms with Crippen molar-refractivity contribution in [3.63, 3.8) is 0 Å². The minimum absolute atomic E-state index is 0.510. The molecule has 1 heterocycles. The third-order valence-corrected chi connectivity index (χ3v) is 7.02. The number of rotatable bonds is 4. The van der Waals surface area contributed by atoms with Gasteiger partial charge in [-0.05, 0) is 31.2 Å². The number of hydrogen-bond donors (Lipinski definition) is 0. The summed E-state index contributed by atoms with van der Waals surface area (Å²) in [6.45, 7) is 1.59. The van der Waals surface area contributed by atoms with Crippen LogP contribution in [-0.4, -0.2) is 24.8 Å². The number of benzene rings is 2. The molecule has 2 aromatic carbocycles. The molecule has 3 rings (SSSR count). The van der Waals surface area contributed by atoms with Crippen molar-refractivity contribution < 1.29 is 21.6 Å². The number of para-hydroxylation sites is 1. The summed E-state index contributed by atoms with van der Waals surface area (Å²) in [7, 11) is -3.13. The Balaban J connectivity index is 2.01. The van der Waals surface area contributed by atoms with E-state index in [1.54, 1.807) is 13.0 Å². The summed E-state index contributed by atoms with van der Waals surface area (Å²) >= 11 is 1.31. The zero-order valence-corrected chi connectivity index (χ0v) is 14.8. The van der Waals surface area contributed by atoms with Gasteiger partial charge in [0, 0.05) is 7.05 Å². The van der Waals surface area contributed by atoms with Crippen molar-refractivity contribution in [1.82, 2.24) is 9.29 Å². The largest absolute Gasteiger partial charge is 0.246 e. The van der Waals surface area contributed by atoms with Crippen LogP contribution in [0.2, 0.25) is 0 Å². The van der Waals surface area contributed by atoms with Gasteiger partial charge in [-0.3, -0.25) is 0 Å². The number of thiazole rings is 1. The van der Waals surface area contributed by atoms with Gasteiger partial charge in [0.1, 0.15) is 9.90 Å². The molecule has 0 amide bonds. The molecule has 1 atom stereocenters. The van der Waals surface area contributed by atoms with Crippen molar-refractivity contribution in [2.75, 3.05) is 7.05 Å². The van der Waals surface area contributed by atoms with Crippen LogP contribution in [0.15, 0.2) is 41.3 Å². The molecular weight excluding hydrogens is 373 g/mol. The fourth-order valence-corrected chi connectivity index (χ4v) is 4.81. The van der Waals surface area contributed by atoms with E-state index < -0.39 is 38.4 Å². The van der Waals surface area contributed by atoms with Gasteiger partial charge in [0.25, 0.3) is 0 Å². The predicted molar refractivity (Wildman–Crippen MR) is 89.3 cm³/mol. The van der Waals surface area contributed by atoms with Gasteiger partial charge in [-0.15, -0.1) is 11.3 Å². The number of sulfonamides is 1. The van der Waals surface area contributed by atoms with Crippen LogP contribution in [0.5, 0.6) is 0 Å². The monoisotopic (exact) mass is 386 g/mol. The predicted octanol–water partition coefficient (Wildman–Crippen LogP) is 4.10. The smallest absolute Gasteiger partial charge is 0.239 e. The van der Waals surface area contributed by atoms with Crippen molar-refractivity contribution in [2.45, 2.75) is 17.9 Å².